The van der Waals surface area contributed by atoms with Crippen LogP contribution < -0.4 is 0 Å². The van der Waals surface area contributed by atoms with E-state index in [1.807, 2.05) is 0 Å². The summed E-state index contributed by atoms with van der Waals surface area (Å²) in [6.07, 6.45) is 5.70. The molecule has 123 valence electrons. The Hall–Kier alpha value is -0.693. The highest BCUT2D eigenvalue weighted by atomic mass is 28.4. The zero-order valence-corrected chi connectivity index (χ0v) is 15.0. The minimum absolute atomic E-state index is 0.0648. The van der Waals surface area contributed by atoms with E-state index in [9.17, 15) is 9.90 Å². The molecule has 0 N–H and O–H groups in total. The van der Waals surface area contributed by atoms with Gasteiger partial charge in [0.15, 0.2) is 0 Å². The van der Waals surface area contributed by atoms with Gasteiger partial charge in [-0.2, -0.15) is 0 Å². The van der Waals surface area contributed by atoms with Gasteiger partial charge in [-0.25, -0.2) is 9.90 Å². The van der Waals surface area contributed by atoms with Crippen LogP contribution in [0.1, 0.15) is 46.0 Å². The van der Waals surface area contributed by atoms with Gasteiger partial charge in [0, 0.05) is 26.9 Å². The third-order valence-electron chi connectivity index (χ3n) is 4.08. The summed E-state index contributed by atoms with van der Waals surface area (Å²) in [5, 5.41) is 9.37. The lowest BCUT2D eigenvalue weighted by Crippen LogP contribution is -2.64. The highest BCUT2D eigenvalue weighted by Gasteiger charge is 2.58. The second-order valence-electron chi connectivity index (χ2n) is 5.38. The Kier molecular flexibility index (Phi) is 9.04. The number of rotatable bonds is 6. The largest absolute Gasteiger partial charge is 0.396 e. The Bertz CT molecular complexity index is 325. The van der Waals surface area contributed by atoms with E-state index in [1.54, 1.807) is 21.3 Å². The molecule has 6 heteroatoms. The summed E-state index contributed by atoms with van der Waals surface area (Å²) < 4.78 is 17.4. The average Bonchev–Trinajstić information content (AvgIpc) is 2.48. The van der Waals surface area contributed by atoms with Crippen molar-refractivity contribution in [3.63, 3.8) is 0 Å². The van der Waals surface area contributed by atoms with Gasteiger partial charge in [0.1, 0.15) is 5.22 Å². The van der Waals surface area contributed by atoms with Crippen molar-refractivity contribution in [3.05, 3.63) is 12.2 Å². The number of hydrogen-bond donors (Lipinski definition) is 0. The summed E-state index contributed by atoms with van der Waals surface area (Å²) in [5.74, 6) is -1.19. The van der Waals surface area contributed by atoms with Crippen LogP contribution in [0.2, 0.25) is 6.04 Å². The quantitative estimate of drug-likeness (QED) is 0.557. The third-order valence-corrected chi connectivity index (χ3v) is 8.51. The molecule has 0 aromatic carbocycles. The van der Waals surface area contributed by atoms with Crippen molar-refractivity contribution in [2.45, 2.75) is 57.2 Å². The van der Waals surface area contributed by atoms with Crippen molar-refractivity contribution in [1.29, 1.82) is 0 Å². The lowest BCUT2D eigenvalue weighted by Gasteiger charge is -2.47. The van der Waals surface area contributed by atoms with Crippen molar-refractivity contribution in [3.8, 4) is 0 Å². The van der Waals surface area contributed by atoms with Crippen molar-refractivity contribution >= 4 is 14.5 Å². The zero-order valence-electron chi connectivity index (χ0n) is 14.0. The predicted molar refractivity (Wildman–Crippen MR) is 83.6 cm³/mol. The minimum Gasteiger partial charge on any atom is -0.396 e. The molecule has 1 aliphatic rings. The minimum atomic E-state index is -2.15. The molecule has 5 nitrogen and oxygen atoms in total. The summed E-state index contributed by atoms with van der Waals surface area (Å²) in [5.41, 5.74) is 0.0648. The average molecular weight is 317 g/mol. The van der Waals surface area contributed by atoms with Gasteiger partial charge in [0.05, 0.1) is 0 Å². The molecule has 0 aromatic heterocycles. The van der Waals surface area contributed by atoms with Crippen molar-refractivity contribution in [1.82, 2.24) is 0 Å². The monoisotopic (exact) mass is 317 g/mol. The molecule has 0 spiro atoms. The Labute approximate surface area is 129 Å². The third kappa shape index (κ3) is 4.91. The molecule has 21 heavy (non-hydrogen) atoms. The summed E-state index contributed by atoms with van der Waals surface area (Å²) in [7, 11) is 3.22. The van der Waals surface area contributed by atoms with Crippen molar-refractivity contribution in [2.75, 3.05) is 21.3 Å². The van der Waals surface area contributed by atoms with E-state index in [1.165, 1.54) is 19.8 Å². The Balaban J connectivity index is 0.000000567. The number of carbonyl (C=O) groups is 1. The van der Waals surface area contributed by atoms with Gasteiger partial charge in [0.2, 0.25) is 0 Å². The van der Waals surface area contributed by atoms with E-state index >= 15 is 0 Å². The molecule has 1 fully saturated rings. The lowest BCUT2D eigenvalue weighted by molar-refractivity contribution is -0.138. The molecule has 1 unspecified atom stereocenters. The summed E-state index contributed by atoms with van der Waals surface area (Å²) in [6.45, 7) is 6.67. The first-order valence-corrected chi connectivity index (χ1v) is 9.39. The Morgan fingerprint density at radius 1 is 1.24 bits per heavy atom. The van der Waals surface area contributed by atoms with Gasteiger partial charge in [-0.1, -0.05) is 32.8 Å². The maximum atomic E-state index is 9.49. The maximum Gasteiger partial charge on any atom is 0.381 e. The maximum absolute atomic E-state index is 9.49. The van der Waals surface area contributed by atoms with Gasteiger partial charge in [-0.3, -0.25) is 0 Å². The van der Waals surface area contributed by atoms with Crippen LogP contribution in [0.4, 0.5) is 0 Å². The molecular weight excluding hydrogens is 288 g/mol. The van der Waals surface area contributed by atoms with Gasteiger partial charge in [-0.15, -0.1) is 0 Å². The van der Waals surface area contributed by atoms with Crippen LogP contribution in [0, 0.1) is 0 Å². The molecule has 0 aliphatic carbocycles. The highest BCUT2D eigenvalue weighted by Crippen LogP contribution is 2.42. The van der Waals surface area contributed by atoms with Crippen molar-refractivity contribution in [2.24, 2.45) is 0 Å². The summed E-state index contributed by atoms with van der Waals surface area (Å²) in [6, 6.07) is 1.06. The molecule has 0 aromatic rings. The first kappa shape index (κ1) is 20.3. The lowest BCUT2D eigenvalue weighted by atomic mass is 10.1. The topological polar surface area (TPSA) is 64.7 Å². The van der Waals surface area contributed by atoms with E-state index in [0.717, 1.165) is 25.3 Å². The van der Waals surface area contributed by atoms with Gasteiger partial charge >= 0.3 is 14.5 Å². The second kappa shape index (κ2) is 9.35. The van der Waals surface area contributed by atoms with Gasteiger partial charge < -0.3 is 13.6 Å². The molecule has 1 atom stereocenters. The molecule has 1 heterocycles. The number of methoxy groups -OCH3 is 1. The molecule has 0 amide bonds. The molecule has 1 aliphatic heterocycles. The fourth-order valence-electron chi connectivity index (χ4n) is 2.92. The Morgan fingerprint density at radius 3 is 2.10 bits per heavy atom. The second-order valence-corrected chi connectivity index (χ2v) is 9.12. The normalized spacial score (nSPS) is 23.9. The van der Waals surface area contributed by atoms with E-state index in [0.29, 0.717) is 0 Å². The van der Waals surface area contributed by atoms with Gasteiger partial charge in [-0.05, 0) is 25.8 Å². The standard InChI is InChI=1S/C11H24O3Si.C4H5O2/c1-5-8-11(12-2)9-6-7-10-15(11,13-3)14-4;1-3(2)4(5)6/h5-10H2,1-4H3;1H2,2H3. The van der Waals surface area contributed by atoms with Gasteiger partial charge in [0.25, 0.3) is 0 Å². The molecule has 1 rings (SSSR count). The molecule has 0 saturated carbocycles. The van der Waals surface area contributed by atoms with Crippen LogP contribution in [0.5, 0.6) is 0 Å². The van der Waals surface area contributed by atoms with Crippen LogP contribution in [0.25, 0.3) is 0 Å². The first-order chi connectivity index (χ1) is 9.84. The van der Waals surface area contributed by atoms with Crippen LogP contribution in [-0.4, -0.2) is 41.1 Å². The van der Waals surface area contributed by atoms with Crippen LogP contribution in [0.15, 0.2) is 12.2 Å². The molecule has 1 saturated heterocycles. The van der Waals surface area contributed by atoms with Crippen LogP contribution >= 0.6 is 0 Å². The summed E-state index contributed by atoms with van der Waals surface area (Å²) in [4.78, 5) is 9.49. The molecule has 0 bridgehead atoms. The fraction of sp³-hybridized carbons (Fsp3) is 0.800. The van der Waals surface area contributed by atoms with Crippen LogP contribution in [0.3, 0.4) is 0 Å². The van der Waals surface area contributed by atoms with E-state index in [2.05, 4.69) is 13.5 Å². The number of carbonyl (C=O) groups excluding carboxylic acids is 1. The van der Waals surface area contributed by atoms with E-state index in [4.69, 9.17) is 13.6 Å². The fourth-order valence-corrected chi connectivity index (χ4v) is 6.91. The Morgan fingerprint density at radius 2 is 1.76 bits per heavy atom. The molecular formula is C15H29O5Si. The molecule has 1 radical (unpaired) electrons. The van der Waals surface area contributed by atoms with E-state index in [-0.39, 0.29) is 10.8 Å². The predicted octanol–water partition coefficient (Wildman–Crippen LogP) is 3.15. The number of hydrogen-bond acceptors (Lipinski definition) is 4. The van der Waals surface area contributed by atoms with Crippen molar-refractivity contribution < 1.29 is 23.5 Å². The SMILES string of the molecule is C=C(C)C([O])=O.CCCC1(OC)CCCC[Si]1(OC)OC. The summed E-state index contributed by atoms with van der Waals surface area (Å²) >= 11 is 0. The van der Waals surface area contributed by atoms with Crippen LogP contribution in [-0.2, 0) is 23.5 Å². The van der Waals surface area contributed by atoms with E-state index < -0.39 is 14.5 Å². The first-order valence-electron chi connectivity index (χ1n) is 7.37. The smallest absolute Gasteiger partial charge is 0.381 e. The zero-order chi connectivity index (χ0) is 16.5. The number of ether oxygens (including phenoxy) is 1. The highest BCUT2D eigenvalue weighted by molar-refractivity contribution is 6.70.